The average Bonchev–Trinajstić information content (AvgIpc) is 2.74. The van der Waals surface area contributed by atoms with Crippen molar-refractivity contribution >= 4 is 28.2 Å². The Kier molecular flexibility index (Phi) is 4.91. The Morgan fingerprint density at radius 1 is 1.65 bits per heavy atom. The first-order valence-corrected chi connectivity index (χ1v) is 5.62. The fraction of sp³-hybridized carbons (Fsp3) is 0.182. The number of amides is 1. The van der Waals surface area contributed by atoms with Gasteiger partial charge in [-0.3, -0.25) is 4.79 Å². The summed E-state index contributed by atoms with van der Waals surface area (Å²) < 4.78 is 4.65. The third kappa shape index (κ3) is 4.09. The number of nitrogens with zero attached hydrogens (tertiary/aromatic N) is 1. The molecule has 0 aliphatic rings. The number of carbonyl (C=O) groups is 2. The molecule has 0 saturated carbocycles. The normalized spacial score (nSPS) is 9.88. The second-order valence-corrected chi connectivity index (χ2v) is 3.85. The van der Waals surface area contributed by atoms with Crippen molar-refractivity contribution < 1.29 is 14.3 Å². The third-order valence-corrected chi connectivity index (χ3v) is 2.52. The van der Waals surface area contributed by atoms with Crippen LogP contribution in [-0.2, 0) is 14.3 Å². The lowest BCUT2D eigenvalue weighted by Gasteiger charge is -2.03. The van der Waals surface area contributed by atoms with Crippen LogP contribution in [0.3, 0.4) is 0 Å². The molecule has 1 rings (SSSR count). The first kappa shape index (κ1) is 12.9. The van der Waals surface area contributed by atoms with Gasteiger partial charge in [-0.15, -0.1) is 11.3 Å². The molecule has 5 nitrogen and oxygen atoms in total. The highest BCUT2D eigenvalue weighted by molar-refractivity contribution is 7.14. The maximum Gasteiger partial charge on any atom is 0.330 e. The van der Waals surface area contributed by atoms with Gasteiger partial charge in [0.1, 0.15) is 11.1 Å². The summed E-state index contributed by atoms with van der Waals surface area (Å²) >= 11 is 1.24. The predicted octanol–water partition coefficient (Wildman–Crippen LogP) is 1.68. The van der Waals surface area contributed by atoms with Gasteiger partial charge in [0.2, 0.25) is 0 Å². The molecule has 0 saturated heterocycles. The van der Waals surface area contributed by atoms with Crippen LogP contribution in [0, 0.1) is 11.3 Å². The molecule has 0 bridgehead atoms. The Morgan fingerprint density at radius 3 is 3.06 bits per heavy atom. The van der Waals surface area contributed by atoms with Crippen LogP contribution >= 0.6 is 11.3 Å². The van der Waals surface area contributed by atoms with E-state index in [2.05, 4.69) is 10.1 Å². The van der Waals surface area contributed by atoms with E-state index < -0.39 is 11.9 Å². The Balaban J connectivity index is 2.46. The maximum atomic E-state index is 11.4. The van der Waals surface area contributed by atoms with E-state index in [1.807, 2.05) is 6.07 Å². The molecular formula is C11H10N2O3S. The van der Waals surface area contributed by atoms with Crippen molar-refractivity contribution in [3.8, 4) is 6.07 Å². The maximum absolute atomic E-state index is 11.4. The summed E-state index contributed by atoms with van der Waals surface area (Å²) in [7, 11) is 0. The summed E-state index contributed by atoms with van der Waals surface area (Å²) in [4.78, 5) is 22.3. The lowest BCUT2D eigenvalue weighted by molar-refractivity contribution is -0.142. The molecular weight excluding hydrogens is 240 g/mol. The van der Waals surface area contributed by atoms with Gasteiger partial charge in [-0.2, -0.15) is 5.26 Å². The van der Waals surface area contributed by atoms with Gasteiger partial charge >= 0.3 is 5.97 Å². The van der Waals surface area contributed by atoms with E-state index in [0.717, 1.165) is 0 Å². The van der Waals surface area contributed by atoms with Crippen LogP contribution in [0.4, 0.5) is 5.00 Å². The van der Waals surface area contributed by atoms with E-state index in [4.69, 9.17) is 5.26 Å². The summed E-state index contributed by atoms with van der Waals surface area (Å²) in [6.07, 6.45) is 2.74. The summed E-state index contributed by atoms with van der Waals surface area (Å²) in [5, 5.41) is 13.4. The molecule has 17 heavy (non-hydrogen) atoms. The van der Waals surface area contributed by atoms with E-state index >= 15 is 0 Å². The molecule has 0 fully saturated rings. The van der Waals surface area contributed by atoms with Crippen molar-refractivity contribution in [2.45, 2.75) is 6.92 Å². The zero-order chi connectivity index (χ0) is 12.7. The number of nitriles is 1. The van der Waals surface area contributed by atoms with Gasteiger partial charge in [0.05, 0.1) is 5.56 Å². The van der Waals surface area contributed by atoms with E-state index in [9.17, 15) is 9.59 Å². The fourth-order valence-corrected chi connectivity index (χ4v) is 1.73. The standard InChI is InChI=1S/C11H10N2O3S/c1-2-3-10(15)16-7-9(14)13-11-8(6-12)4-5-17-11/h2-5H,7H2,1H3,(H,13,14)/b3-2+. The monoisotopic (exact) mass is 250 g/mol. The fourth-order valence-electron chi connectivity index (χ4n) is 0.978. The Bertz CT molecular complexity index is 485. The molecule has 0 spiro atoms. The summed E-state index contributed by atoms with van der Waals surface area (Å²) in [5.41, 5.74) is 0.392. The number of rotatable bonds is 4. The van der Waals surface area contributed by atoms with E-state index in [1.54, 1.807) is 18.4 Å². The predicted molar refractivity (Wildman–Crippen MR) is 63.4 cm³/mol. The van der Waals surface area contributed by atoms with Crippen LogP contribution in [0.1, 0.15) is 12.5 Å². The van der Waals surface area contributed by atoms with Gasteiger partial charge in [0, 0.05) is 6.08 Å². The topological polar surface area (TPSA) is 79.2 Å². The van der Waals surface area contributed by atoms with Gasteiger partial charge in [-0.1, -0.05) is 6.08 Å². The number of anilines is 1. The first-order chi connectivity index (χ1) is 8.17. The van der Waals surface area contributed by atoms with Crippen LogP contribution in [0.5, 0.6) is 0 Å². The summed E-state index contributed by atoms with van der Waals surface area (Å²) in [6.45, 7) is 1.30. The number of ether oxygens (including phenoxy) is 1. The van der Waals surface area contributed by atoms with Crippen LogP contribution in [0.2, 0.25) is 0 Å². The number of thiophene rings is 1. The van der Waals surface area contributed by atoms with Crippen LogP contribution in [0.25, 0.3) is 0 Å². The highest BCUT2D eigenvalue weighted by atomic mass is 32.1. The van der Waals surface area contributed by atoms with E-state index in [-0.39, 0.29) is 6.61 Å². The van der Waals surface area contributed by atoms with Crippen LogP contribution in [0.15, 0.2) is 23.6 Å². The first-order valence-electron chi connectivity index (χ1n) is 4.74. The SMILES string of the molecule is C/C=C/C(=O)OCC(=O)Nc1sccc1C#N. The second-order valence-electron chi connectivity index (χ2n) is 2.93. The molecule has 0 atom stereocenters. The summed E-state index contributed by atoms with van der Waals surface area (Å²) in [5.74, 6) is -1.05. The molecule has 88 valence electrons. The molecule has 1 aromatic heterocycles. The average molecular weight is 250 g/mol. The third-order valence-electron chi connectivity index (χ3n) is 1.69. The largest absolute Gasteiger partial charge is 0.452 e. The molecule has 0 aliphatic heterocycles. The summed E-state index contributed by atoms with van der Waals surface area (Å²) in [6, 6.07) is 3.55. The molecule has 0 aliphatic carbocycles. The molecule has 0 aromatic carbocycles. The number of carbonyl (C=O) groups excluding carboxylic acids is 2. The second kappa shape index (κ2) is 6.45. The van der Waals surface area contributed by atoms with Crippen molar-refractivity contribution in [2.24, 2.45) is 0 Å². The van der Waals surface area contributed by atoms with Crippen LogP contribution in [-0.4, -0.2) is 18.5 Å². The molecule has 0 radical (unpaired) electrons. The number of hydrogen-bond donors (Lipinski definition) is 1. The minimum Gasteiger partial charge on any atom is -0.452 e. The van der Waals surface area contributed by atoms with Crippen molar-refractivity contribution in [1.82, 2.24) is 0 Å². The number of hydrogen-bond acceptors (Lipinski definition) is 5. The number of allylic oxidation sites excluding steroid dienone is 1. The Hall–Kier alpha value is -2.13. The smallest absolute Gasteiger partial charge is 0.330 e. The molecule has 1 heterocycles. The minimum atomic E-state index is -0.575. The molecule has 0 unspecified atom stereocenters. The quantitative estimate of drug-likeness (QED) is 0.651. The lowest BCUT2D eigenvalue weighted by atomic mass is 10.3. The Morgan fingerprint density at radius 2 is 2.41 bits per heavy atom. The highest BCUT2D eigenvalue weighted by Crippen LogP contribution is 2.21. The molecule has 1 amide bonds. The van der Waals surface area contributed by atoms with E-state index in [0.29, 0.717) is 10.6 Å². The van der Waals surface area contributed by atoms with Gasteiger partial charge in [0.25, 0.3) is 5.91 Å². The van der Waals surface area contributed by atoms with Gasteiger partial charge in [-0.05, 0) is 18.4 Å². The van der Waals surface area contributed by atoms with Crippen molar-refractivity contribution in [3.63, 3.8) is 0 Å². The number of esters is 1. The van der Waals surface area contributed by atoms with E-state index in [1.165, 1.54) is 23.5 Å². The van der Waals surface area contributed by atoms with Crippen molar-refractivity contribution in [1.29, 1.82) is 5.26 Å². The Labute approximate surface area is 102 Å². The minimum absolute atomic E-state index is 0.369. The van der Waals surface area contributed by atoms with Crippen LogP contribution < -0.4 is 5.32 Å². The van der Waals surface area contributed by atoms with Gasteiger partial charge in [0.15, 0.2) is 6.61 Å². The van der Waals surface area contributed by atoms with Crippen molar-refractivity contribution in [2.75, 3.05) is 11.9 Å². The lowest BCUT2D eigenvalue weighted by Crippen LogP contribution is -2.19. The molecule has 6 heteroatoms. The zero-order valence-corrected chi connectivity index (χ0v) is 9.91. The van der Waals surface area contributed by atoms with Crippen molar-refractivity contribution in [3.05, 3.63) is 29.2 Å². The number of nitrogens with one attached hydrogen (secondary N) is 1. The molecule has 1 N–H and O–H groups in total. The highest BCUT2D eigenvalue weighted by Gasteiger charge is 2.09. The van der Waals surface area contributed by atoms with Gasteiger partial charge in [-0.25, -0.2) is 4.79 Å². The zero-order valence-electron chi connectivity index (χ0n) is 9.10. The van der Waals surface area contributed by atoms with Gasteiger partial charge < -0.3 is 10.1 Å². The molecule has 1 aromatic rings.